The Morgan fingerprint density at radius 3 is 1.32 bits per heavy atom. The Labute approximate surface area is 418 Å². The first-order valence-corrected chi connectivity index (χ1v) is 22.3. The Balaban J connectivity index is 0.000000296. The van der Waals surface area contributed by atoms with Gasteiger partial charge in [-0.2, -0.15) is 20.4 Å². The summed E-state index contributed by atoms with van der Waals surface area (Å²) in [5.74, 6) is -1.30. The summed E-state index contributed by atoms with van der Waals surface area (Å²) in [4.78, 5) is 81.7. The molecule has 2 atom stereocenters. The Bertz CT molecular complexity index is 3240. The average molecular weight is 1040 g/mol. The number of nitrogens with zero attached hydrogens (tertiary/aromatic N) is 10. The Kier molecular flexibility index (Phi) is 17.3. The van der Waals surface area contributed by atoms with Gasteiger partial charge < -0.3 is 36.7 Å². The molecular weight excluding hydrogens is 984 g/mol. The summed E-state index contributed by atoms with van der Waals surface area (Å²) < 4.78 is 14.7. The number of fused-ring (bicyclic) bond motifs is 2. The normalized spacial score (nSPS) is 12.2. The number of para-hydroxylation sites is 2. The lowest BCUT2D eigenvalue weighted by molar-refractivity contribution is -0.146. The molecule has 0 aliphatic carbocycles. The van der Waals surface area contributed by atoms with Crippen LogP contribution in [0.1, 0.15) is 69.6 Å². The van der Waals surface area contributed by atoms with E-state index < -0.39 is 57.7 Å². The minimum Gasteiger partial charge on any atom is -0.496 e. The number of aliphatic hydroxyl groups is 2. The highest BCUT2D eigenvalue weighted by atomic mass is 35.5. The molecule has 380 valence electrons. The predicted molar refractivity (Wildman–Crippen MR) is 270 cm³/mol. The number of aromatic nitrogens is 10. The predicted octanol–water partition coefficient (Wildman–Crippen LogP) is 3.97. The number of ether oxygens (including phenoxy) is 2. The van der Waals surface area contributed by atoms with E-state index in [4.69, 9.17) is 15.2 Å². The second-order valence-electron chi connectivity index (χ2n) is 16.4. The second-order valence-corrected chi connectivity index (χ2v) is 18.4. The molecule has 0 bridgehead atoms. The van der Waals surface area contributed by atoms with E-state index in [-0.39, 0.29) is 54.7 Å². The van der Waals surface area contributed by atoms with Crippen molar-refractivity contribution in [3.63, 3.8) is 0 Å². The van der Waals surface area contributed by atoms with Gasteiger partial charge in [-0.1, -0.05) is 66.5 Å². The number of hydrogen-bond acceptors (Lipinski definition) is 17. The molecule has 8 N–H and O–H groups in total. The van der Waals surface area contributed by atoms with Crippen LogP contribution in [0.25, 0.3) is 30.4 Å². The Hall–Kier alpha value is -7.29. The van der Waals surface area contributed by atoms with Crippen LogP contribution in [0.3, 0.4) is 0 Å². The van der Waals surface area contributed by atoms with Gasteiger partial charge in [-0.05, 0) is 53.7 Å². The fourth-order valence-electron chi connectivity index (χ4n) is 7.63. The van der Waals surface area contributed by atoms with Crippen LogP contribution in [-0.2, 0) is 33.8 Å². The molecule has 0 aliphatic heterocycles. The largest absolute Gasteiger partial charge is 0.496 e. The van der Waals surface area contributed by atoms with Crippen LogP contribution in [0, 0.1) is 13.8 Å². The van der Waals surface area contributed by atoms with Gasteiger partial charge in [0.15, 0.2) is 0 Å². The lowest BCUT2D eigenvalue weighted by Crippen LogP contribution is -2.54. The molecule has 6 aromatic heterocycles. The number of halogens is 1. The molecule has 26 heteroatoms. The number of thiophene rings is 2. The van der Waals surface area contributed by atoms with Crippen LogP contribution in [0.15, 0.2) is 92.5 Å². The molecule has 23 nitrogen and oxygen atoms in total. The Morgan fingerprint density at radius 1 is 0.662 bits per heavy atom. The molecule has 1 amide bonds. The van der Waals surface area contributed by atoms with Crippen molar-refractivity contribution in [2.75, 3.05) is 14.2 Å². The number of carboxylic acid groups (broad SMARTS) is 1. The van der Waals surface area contributed by atoms with Crippen molar-refractivity contribution < 1.29 is 34.4 Å². The van der Waals surface area contributed by atoms with E-state index >= 15 is 0 Å². The zero-order valence-corrected chi connectivity index (χ0v) is 41.5. The van der Waals surface area contributed by atoms with Crippen molar-refractivity contribution in [1.29, 1.82) is 0 Å². The van der Waals surface area contributed by atoms with Crippen LogP contribution in [0.4, 0.5) is 0 Å². The monoisotopic (exact) mass is 1040 g/mol. The highest BCUT2D eigenvalue weighted by Gasteiger charge is 2.37. The fraction of sp³-hybridized carbons (Fsp3) is 0.333. The summed E-state index contributed by atoms with van der Waals surface area (Å²) in [6, 6.07) is 13.7. The number of benzene rings is 2. The van der Waals surface area contributed by atoms with Gasteiger partial charge in [0.25, 0.3) is 11.1 Å². The highest BCUT2D eigenvalue weighted by Crippen LogP contribution is 2.35. The number of hydrogen-bond donors (Lipinski definition) is 5. The third-order valence-corrected chi connectivity index (χ3v) is 14.1. The number of primary amides is 1. The first-order valence-electron chi connectivity index (χ1n) is 20.7. The number of nitrogens with two attached hydrogens (primary N) is 1. The van der Waals surface area contributed by atoms with E-state index in [1.165, 1.54) is 85.4 Å². The summed E-state index contributed by atoms with van der Waals surface area (Å²) in [6.45, 7) is 8.33. The summed E-state index contributed by atoms with van der Waals surface area (Å²) >= 11 is 2.25. The van der Waals surface area contributed by atoms with Gasteiger partial charge in [-0.3, -0.25) is 23.5 Å². The number of rotatable bonds is 14. The van der Waals surface area contributed by atoms with Crippen molar-refractivity contribution in [2.45, 2.75) is 85.3 Å². The SMILES string of the molecule is C.COc1ccccc1[C@@H](O)Cn1c(=O)n(C(C)(C)C(=O)O)c(=O)c2c(C)c(-n3nccn3)sc21.COc1ccccc1[C@@H](O)Cn1c(=O)n(C(C)(C)C(N)=O)c(=O)c2c(C)c(-n3nccn3)sc21.Cl.N. The Morgan fingerprint density at radius 2 is 1.00 bits per heavy atom. The smallest absolute Gasteiger partial charge is 0.333 e. The number of aliphatic hydroxyl groups excluding tert-OH is 2. The highest BCUT2D eigenvalue weighted by molar-refractivity contribution is 7.21. The summed E-state index contributed by atoms with van der Waals surface area (Å²) in [5.41, 5.74) is 1.05. The molecule has 0 fully saturated rings. The van der Waals surface area contributed by atoms with Crippen LogP contribution >= 0.6 is 35.1 Å². The molecule has 0 radical (unpaired) electrons. The lowest BCUT2D eigenvalue weighted by atomic mass is 10.0. The maximum absolute atomic E-state index is 13.6. The minimum atomic E-state index is -1.84. The zero-order chi connectivity index (χ0) is 49.6. The van der Waals surface area contributed by atoms with E-state index in [0.29, 0.717) is 53.2 Å². The molecule has 0 saturated carbocycles. The molecule has 0 aliphatic rings. The molecule has 2 aromatic carbocycles. The van der Waals surface area contributed by atoms with Crippen LogP contribution in [-0.4, -0.2) is 89.7 Å². The van der Waals surface area contributed by atoms with Crippen molar-refractivity contribution in [2.24, 2.45) is 5.73 Å². The number of carbonyl (C=O) groups excluding carboxylic acids is 1. The first kappa shape index (κ1) is 56.3. The van der Waals surface area contributed by atoms with Gasteiger partial charge in [0.05, 0.1) is 62.9 Å². The van der Waals surface area contributed by atoms with Gasteiger partial charge in [0.2, 0.25) is 5.91 Å². The number of amides is 1. The number of aryl methyl sites for hydroxylation is 2. The quantitative estimate of drug-likeness (QED) is 0.103. The molecule has 0 unspecified atom stereocenters. The second kappa shape index (κ2) is 21.8. The molecule has 0 saturated heterocycles. The molecule has 71 heavy (non-hydrogen) atoms. The van der Waals surface area contributed by atoms with Crippen LogP contribution in [0.2, 0.25) is 0 Å². The van der Waals surface area contributed by atoms with Crippen molar-refractivity contribution in [3.05, 3.63) is 137 Å². The fourth-order valence-corrected chi connectivity index (χ4v) is 10.1. The van der Waals surface area contributed by atoms with Gasteiger partial charge in [0, 0.05) is 22.3 Å². The third kappa shape index (κ3) is 9.91. The lowest BCUT2D eigenvalue weighted by Gasteiger charge is -2.25. The van der Waals surface area contributed by atoms with E-state index in [0.717, 1.165) is 27.2 Å². The van der Waals surface area contributed by atoms with Gasteiger partial charge >= 0.3 is 17.3 Å². The number of aliphatic carboxylic acids is 1. The van der Waals surface area contributed by atoms with E-state index in [9.17, 15) is 44.1 Å². The summed E-state index contributed by atoms with van der Waals surface area (Å²) in [7, 11) is 2.95. The van der Waals surface area contributed by atoms with Crippen molar-refractivity contribution in [1.82, 2.24) is 54.4 Å². The van der Waals surface area contributed by atoms with Gasteiger partial charge in [-0.25, -0.2) is 23.5 Å². The maximum atomic E-state index is 13.6. The minimum absolute atomic E-state index is 0. The molecule has 6 heterocycles. The number of carboxylic acids is 1. The molecule has 8 rings (SSSR count). The molecular formula is C45H55ClN12O11S2. The first-order chi connectivity index (χ1) is 32.2. The van der Waals surface area contributed by atoms with Crippen LogP contribution < -0.4 is 43.9 Å². The van der Waals surface area contributed by atoms with E-state index in [1.54, 1.807) is 62.4 Å². The van der Waals surface area contributed by atoms with Gasteiger partial charge in [0.1, 0.15) is 54.4 Å². The topological polar surface area (TPSA) is 324 Å². The number of carbonyl (C=O) groups is 2. The maximum Gasteiger partial charge on any atom is 0.333 e. The molecule has 0 spiro atoms. The van der Waals surface area contributed by atoms with E-state index in [1.807, 2.05) is 0 Å². The third-order valence-electron chi connectivity index (χ3n) is 11.5. The van der Waals surface area contributed by atoms with Crippen molar-refractivity contribution in [3.8, 4) is 21.5 Å². The van der Waals surface area contributed by atoms with E-state index in [2.05, 4.69) is 20.4 Å². The molecule has 8 aromatic rings. The summed E-state index contributed by atoms with van der Waals surface area (Å²) in [6.07, 6.45) is 3.63. The standard InChI is InChI=1S/C22H24N6O5S.C22H23N5O6S.CH4.ClH.H3N/c1-12-16-17(30)27(22(2,3)20(23)31)21(32)26(19(16)34-18(12)28-24-9-10-25-28)11-14(29)13-7-5-6-8-15(13)33-4;1-12-16-17(29)26(22(2,3)20(30)31)21(32)25(19(16)34-18(12)27-23-9-10-24-27)11-14(28)13-7-5-6-8-15(13)33-4;;;/h5-10,14,29H,11H2,1-4H3,(H2,23,31);5-10,14,28H,11H2,1-4H3,(H,30,31);1H4;1H;1H3/t2*14-;;;/m00.../s1. The average Bonchev–Trinajstić information content (AvgIpc) is 4.14. The summed E-state index contributed by atoms with van der Waals surface area (Å²) in [5, 5.41) is 49.8. The zero-order valence-electron chi connectivity index (χ0n) is 39.1. The van der Waals surface area contributed by atoms with Gasteiger partial charge in [-0.15, -0.1) is 22.0 Å². The van der Waals surface area contributed by atoms with Crippen molar-refractivity contribution >= 4 is 67.4 Å². The van der Waals surface area contributed by atoms with Crippen LogP contribution in [0.5, 0.6) is 11.5 Å². The number of methoxy groups -OCH3 is 2.